The third-order valence-electron chi connectivity index (χ3n) is 1.94. The van der Waals surface area contributed by atoms with Crippen LogP contribution in [-0.4, -0.2) is 21.1 Å². The van der Waals surface area contributed by atoms with Crippen molar-refractivity contribution in [2.75, 3.05) is 5.32 Å². The number of aromatic nitrogens is 3. The smallest absolute Gasteiger partial charge is 0.296 e. The monoisotopic (exact) mass is 386 g/mol. The second kappa shape index (κ2) is 5.62. The van der Waals surface area contributed by atoms with Gasteiger partial charge in [0.05, 0.1) is 5.56 Å². The van der Waals surface area contributed by atoms with E-state index in [9.17, 15) is 18.0 Å². The molecular weight excluding hydrogens is 385 g/mol. The number of nitrogens with zero attached hydrogens (tertiary/aromatic N) is 3. The van der Waals surface area contributed by atoms with E-state index in [2.05, 4.69) is 36.4 Å². The number of alkyl halides is 3. The standard InChI is InChI=1S/C9H3BrClF3N4OS/c10-3-1-4(5(11)15-2-3)6(19)16-8-18-17-7(20-8)9(12,13)14/h1-2H,(H,16,18,19). The Balaban J connectivity index is 2.20. The number of carbonyl (C=O) groups excluding carboxylic acids is 1. The van der Waals surface area contributed by atoms with E-state index in [0.29, 0.717) is 4.47 Å². The molecule has 0 fully saturated rings. The van der Waals surface area contributed by atoms with Crippen molar-refractivity contribution in [3.05, 3.63) is 32.5 Å². The highest BCUT2D eigenvalue weighted by Crippen LogP contribution is 2.33. The number of hydrogen-bond acceptors (Lipinski definition) is 5. The minimum Gasteiger partial charge on any atom is -0.296 e. The van der Waals surface area contributed by atoms with Crippen molar-refractivity contribution in [1.82, 2.24) is 15.2 Å². The van der Waals surface area contributed by atoms with Crippen LogP contribution in [0.2, 0.25) is 5.15 Å². The first kappa shape index (κ1) is 15.1. The van der Waals surface area contributed by atoms with Crippen LogP contribution < -0.4 is 5.32 Å². The molecule has 1 N–H and O–H groups in total. The summed E-state index contributed by atoms with van der Waals surface area (Å²) in [6.45, 7) is 0. The first-order chi connectivity index (χ1) is 9.27. The average molecular weight is 388 g/mol. The molecule has 0 spiro atoms. The number of nitrogens with one attached hydrogen (secondary N) is 1. The predicted octanol–water partition coefficient (Wildman–Crippen LogP) is 3.62. The molecule has 0 atom stereocenters. The quantitative estimate of drug-likeness (QED) is 0.799. The van der Waals surface area contributed by atoms with Gasteiger partial charge in [-0.2, -0.15) is 13.2 Å². The van der Waals surface area contributed by atoms with Crippen LogP contribution in [0.3, 0.4) is 0 Å². The highest BCUT2D eigenvalue weighted by atomic mass is 79.9. The van der Waals surface area contributed by atoms with Crippen molar-refractivity contribution in [1.29, 1.82) is 0 Å². The molecular formula is C9H3BrClF3N4OS. The maximum Gasteiger partial charge on any atom is 0.445 e. The van der Waals surface area contributed by atoms with Crippen LogP contribution in [0.5, 0.6) is 0 Å². The number of amides is 1. The van der Waals surface area contributed by atoms with E-state index in [1.54, 1.807) is 0 Å². The van der Waals surface area contributed by atoms with Gasteiger partial charge in [-0.1, -0.05) is 22.9 Å². The third-order valence-corrected chi connectivity index (χ3v) is 3.56. The molecule has 0 bridgehead atoms. The third kappa shape index (κ3) is 3.44. The summed E-state index contributed by atoms with van der Waals surface area (Å²) in [7, 11) is 0. The molecule has 11 heteroatoms. The number of pyridine rings is 1. The Morgan fingerprint density at radius 2 is 2.10 bits per heavy atom. The van der Waals surface area contributed by atoms with Crippen LogP contribution in [0.25, 0.3) is 0 Å². The molecule has 2 aromatic heterocycles. The minimum atomic E-state index is -4.60. The predicted molar refractivity (Wildman–Crippen MR) is 69.8 cm³/mol. The van der Waals surface area contributed by atoms with E-state index in [1.807, 2.05) is 0 Å². The van der Waals surface area contributed by atoms with Crippen LogP contribution in [-0.2, 0) is 6.18 Å². The van der Waals surface area contributed by atoms with Gasteiger partial charge in [0.25, 0.3) is 5.91 Å². The van der Waals surface area contributed by atoms with Gasteiger partial charge in [-0.25, -0.2) is 4.98 Å². The first-order valence-electron chi connectivity index (χ1n) is 4.80. The van der Waals surface area contributed by atoms with Crippen molar-refractivity contribution in [3.8, 4) is 0 Å². The molecule has 0 saturated carbocycles. The molecule has 2 heterocycles. The Labute approximate surface area is 127 Å². The number of anilines is 1. The van der Waals surface area contributed by atoms with Crippen molar-refractivity contribution >= 4 is 49.9 Å². The van der Waals surface area contributed by atoms with Crippen molar-refractivity contribution in [2.45, 2.75) is 6.18 Å². The lowest BCUT2D eigenvalue weighted by molar-refractivity contribution is -0.138. The SMILES string of the molecule is O=C(Nc1nnc(C(F)(F)F)s1)c1cc(Br)cnc1Cl. The summed E-state index contributed by atoms with van der Waals surface area (Å²) in [5, 5.41) is 6.86. The second-order valence-corrected chi connectivity index (χ2v) is 5.61. The summed E-state index contributed by atoms with van der Waals surface area (Å²) in [6, 6.07) is 1.39. The lowest BCUT2D eigenvalue weighted by Gasteiger charge is -2.03. The molecule has 1 amide bonds. The number of hydrogen-bond donors (Lipinski definition) is 1. The van der Waals surface area contributed by atoms with Gasteiger partial charge in [0.15, 0.2) is 0 Å². The lowest BCUT2D eigenvalue weighted by atomic mass is 10.3. The summed E-state index contributed by atoms with van der Waals surface area (Å²) in [6.07, 6.45) is -3.22. The summed E-state index contributed by atoms with van der Waals surface area (Å²) in [4.78, 5) is 15.6. The van der Waals surface area contributed by atoms with Crippen molar-refractivity contribution in [2.24, 2.45) is 0 Å². The van der Waals surface area contributed by atoms with Gasteiger partial charge in [0.2, 0.25) is 10.1 Å². The Kier molecular flexibility index (Phi) is 4.25. The fraction of sp³-hybridized carbons (Fsp3) is 0.111. The van der Waals surface area contributed by atoms with E-state index < -0.39 is 17.1 Å². The largest absolute Gasteiger partial charge is 0.445 e. The molecule has 106 valence electrons. The number of halogens is 5. The molecule has 5 nitrogen and oxygen atoms in total. The summed E-state index contributed by atoms with van der Waals surface area (Å²) >= 11 is 9.05. The van der Waals surface area contributed by atoms with Gasteiger partial charge >= 0.3 is 6.18 Å². The van der Waals surface area contributed by atoms with Crippen molar-refractivity contribution in [3.63, 3.8) is 0 Å². The Hall–Kier alpha value is -1.26. The zero-order valence-corrected chi connectivity index (χ0v) is 12.4. The fourth-order valence-corrected chi connectivity index (χ4v) is 2.26. The molecule has 20 heavy (non-hydrogen) atoms. The Morgan fingerprint density at radius 3 is 2.70 bits per heavy atom. The van der Waals surface area contributed by atoms with Gasteiger partial charge < -0.3 is 0 Å². The maximum absolute atomic E-state index is 12.3. The number of rotatable bonds is 2. The van der Waals surface area contributed by atoms with Gasteiger partial charge in [-0.3, -0.25) is 10.1 Å². The molecule has 0 aliphatic rings. The average Bonchev–Trinajstić information content (AvgIpc) is 2.80. The van der Waals surface area contributed by atoms with Gasteiger partial charge in [0.1, 0.15) is 5.15 Å². The molecule has 0 radical (unpaired) electrons. The lowest BCUT2D eigenvalue weighted by Crippen LogP contribution is -2.12. The van der Waals surface area contributed by atoms with E-state index in [4.69, 9.17) is 11.6 Å². The zero-order valence-electron chi connectivity index (χ0n) is 9.20. The van der Waals surface area contributed by atoms with Crippen LogP contribution in [0, 0.1) is 0 Å². The Bertz CT molecular complexity index is 663. The number of carbonyl (C=O) groups is 1. The second-order valence-electron chi connectivity index (χ2n) is 3.36. The van der Waals surface area contributed by atoms with Crippen LogP contribution in [0.4, 0.5) is 18.3 Å². The van der Waals surface area contributed by atoms with Crippen LogP contribution in [0.15, 0.2) is 16.7 Å². The Morgan fingerprint density at radius 1 is 1.40 bits per heavy atom. The van der Waals surface area contributed by atoms with Crippen LogP contribution in [0.1, 0.15) is 15.4 Å². The first-order valence-corrected chi connectivity index (χ1v) is 6.79. The highest BCUT2D eigenvalue weighted by Gasteiger charge is 2.35. The van der Waals surface area contributed by atoms with E-state index >= 15 is 0 Å². The molecule has 0 unspecified atom stereocenters. The molecule has 0 aliphatic carbocycles. The van der Waals surface area contributed by atoms with E-state index in [1.165, 1.54) is 12.3 Å². The summed E-state index contributed by atoms with van der Waals surface area (Å²) < 4.78 is 37.5. The van der Waals surface area contributed by atoms with Crippen molar-refractivity contribution < 1.29 is 18.0 Å². The topological polar surface area (TPSA) is 67.8 Å². The van der Waals surface area contributed by atoms with Crippen LogP contribution >= 0.6 is 38.9 Å². The van der Waals surface area contributed by atoms with Gasteiger partial charge in [-0.15, -0.1) is 10.2 Å². The van der Waals surface area contributed by atoms with Gasteiger partial charge in [-0.05, 0) is 22.0 Å². The summed E-state index contributed by atoms with van der Waals surface area (Å²) in [5.41, 5.74) is 0.00444. The molecule has 0 aromatic carbocycles. The molecule has 0 aliphatic heterocycles. The molecule has 2 aromatic rings. The fourth-order valence-electron chi connectivity index (χ4n) is 1.13. The maximum atomic E-state index is 12.3. The van der Waals surface area contributed by atoms with E-state index in [0.717, 1.165) is 0 Å². The van der Waals surface area contributed by atoms with E-state index in [-0.39, 0.29) is 27.2 Å². The molecule has 0 saturated heterocycles. The normalized spacial score (nSPS) is 11.4. The highest BCUT2D eigenvalue weighted by molar-refractivity contribution is 9.10. The zero-order chi connectivity index (χ0) is 14.9. The summed E-state index contributed by atoms with van der Waals surface area (Å²) in [5.74, 6) is -0.728. The van der Waals surface area contributed by atoms with Gasteiger partial charge in [0, 0.05) is 10.7 Å². The minimum absolute atomic E-state index is 0.00444. The molecule has 2 rings (SSSR count).